The van der Waals surface area contributed by atoms with Gasteiger partial charge in [-0.1, -0.05) is 13.8 Å². The summed E-state index contributed by atoms with van der Waals surface area (Å²) in [4.78, 5) is 13.9. The number of ether oxygens (including phenoxy) is 1. The Hall–Kier alpha value is -0.610. The van der Waals surface area contributed by atoms with Crippen LogP contribution in [-0.4, -0.2) is 48.8 Å². The maximum atomic E-state index is 11.6. The van der Waals surface area contributed by atoms with Crippen molar-refractivity contribution in [2.45, 2.75) is 33.1 Å². The molecule has 2 aliphatic rings. The van der Waals surface area contributed by atoms with Gasteiger partial charge in [-0.2, -0.15) is 0 Å². The van der Waals surface area contributed by atoms with Crippen molar-refractivity contribution in [1.29, 1.82) is 0 Å². The maximum Gasteiger partial charge on any atom is 0.313 e. The van der Waals surface area contributed by atoms with E-state index in [9.17, 15) is 9.90 Å². The number of carboxylic acid groups (broad SMARTS) is 1. The summed E-state index contributed by atoms with van der Waals surface area (Å²) in [6, 6.07) is 0. The lowest BCUT2D eigenvalue weighted by Crippen LogP contribution is -2.51. The van der Waals surface area contributed by atoms with Crippen LogP contribution < -0.4 is 0 Å². The molecule has 2 saturated heterocycles. The molecule has 2 aliphatic heterocycles. The van der Waals surface area contributed by atoms with Crippen molar-refractivity contribution in [3.8, 4) is 0 Å². The average molecular weight is 255 g/mol. The molecule has 2 heterocycles. The van der Waals surface area contributed by atoms with Crippen LogP contribution in [0.15, 0.2) is 0 Å². The summed E-state index contributed by atoms with van der Waals surface area (Å²) < 4.78 is 5.43. The first-order valence-electron chi connectivity index (χ1n) is 7.05. The fourth-order valence-corrected chi connectivity index (χ4v) is 3.56. The zero-order valence-electron chi connectivity index (χ0n) is 11.5. The number of piperidine rings is 1. The molecule has 4 heteroatoms. The average Bonchev–Trinajstić information content (AvgIpc) is 2.28. The monoisotopic (exact) mass is 255 g/mol. The molecule has 0 saturated carbocycles. The minimum atomic E-state index is -0.687. The Bertz CT molecular complexity index is 289. The third kappa shape index (κ3) is 3.04. The molecule has 104 valence electrons. The fourth-order valence-electron chi connectivity index (χ4n) is 3.56. The van der Waals surface area contributed by atoms with Crippen LogP contribution in [0.4, 0.5) is 0 Å². The second-order valence-corrected chi connectivity index (χ2v) is 6.38. The van der Waals surface area contributed by atoms with E-state index in [1.54, 1.807) is 0 Å². The van der Waals surface area contributed by atoms with Crippen LogP contribution in [0.5, 0.6) is 0 Å². The van der Waals surface area contributed by atoms with Crippen molar-refractivity contribution >= 4 is 5.97 Å². The third-order valence-corrected chi connectivity index (χ3v) is 4.25. The molecule has 0 aromatic carbocycles. The highest BCUT2D eigenvalue weighted by Gasteiger charge is 2.42. The van der Waals surface area contributed by atoms with Gasteiger partial charge < -0.3 is 14.7 Å². The number of hydrogen-bond acceptors (Lipinski definition) is 3. The predicted octanol–water partition coefficient (Wildman–Crippen LogP) is 1.85. The molecule has 1 N–H and O–H groups in total. The molecule has 0 spiro atoms. The Kier molecular flexibility index (Phi) is 4.28. The van der Waals surface area contributed by atoms with Crippen molar-refractivity contribution in [3.05, 3.63) is 0 Å². The fraction of sp³-hybridized carbons (Fsp3) is 0.929. The van der Waals surface area contributed by atoms with E-state index in [0.717, 1.165) is 25.9 Å². The number of carbonyl (C=O) groups is 1. The summed E-state index contributed by atoms with van der Waals surface area (Å²) in [6.45, 7) is 8.31. The van der Waals surface area contributed by atoms with E-state index >= 15 is 0 Å². The second kappa shape index (κ2) is 5.57. The molecule has 2 rings (SSSR count). The van der Waals surface area contributed by atoms with Crippen molar-refractivity contribution in [1.82, 2.24) is 4.90 Å². The first-order chi connectivity index (χ1) is 8.52. The van der Waals surface area contributed by atoms with E-state index in [0.29, 0.717) is 31.6 Å². The molecular formula is C14H25NO3. The number of likely N-dealkylation sites (tertiary alicyclic amines) is 1. The van der Waals surface area contributed by atoms with Gasteiger partial charge in [-0.15, -0.1) is 0 Å². The lowest BCUT2D eigenvalue weighted by molar-refractivity contribution is -0.160. The molecule has 0 aliphatic carbocycles. The molecule has 3 atom stereocenters. The predicted molar refractivity (Wildman–Crippen MR) is 69.5 cm³/mol. The SMILES string of the molecule is CC1CC(C)CN(CC2(C(=O)O)CCCOC2)C1. The summed E-state index contributed by atoms with van der Waals surface area (Å²) in [5.74, 6) is 0.654. The largest absolute Gasteiger partial charge is 0.481 e. The highest BCUT2D eigenvalue weighted by atomic mass is 16.5. The van der Waals surface area contributed by atoms with Gasteiger partial charge in [-0.3, -0.25) is 4.79 Å². The lowest BCUT2D eigenvalue weighted by Gasteiger charge is -2.41. The van der Waals surface area contributed by atoms with Crippen molar-refractivity contribution in [2.75, 3.05) is 32.8 Å². The molecule has 0 bridgehead atoms. The van der Waals surface area contributed by atoms with Gasteiger partial charge in [0, 0.05) is 26.2 Å². The Balaban J connectivity index is 2.02. The van der Waals surface area contributed by atoms with Gasteiger partial charge >= 0.3 is 5.97 Å². The smallest absolute Gasteiger partial charge is 0.313 e. The van der Waals surface area contributed by atoms with Gasteiger partial charge in [-0.05, 0) is 31.1 Å². The molecular weight excluding hydrogens is 230 g/mol. The van der Waals surface area contributed by atoms with E-state index < -0.39 is 11.4 Å². The van der Waals surface area contributed by atoms with Gasteiger partial charge in [0.25, 0.3) is 0 Å². The zero-order chi connectivity index (χ0) is 13.2. The van der Waals surface area contributed by atoms with E-state index in [-0.39, 0.29) is 0 Å². The molecule has 0 aromatic heterocycles. The molecule has 18 heavy (non-hydrogen) atoms. The molecule has 4 nitrogen and oxygen atoms in total. The van der Waals surface area contributed by atoms with Crippen LogP contribution in [0.2, 0.25) is 0 Å². The Morgan fingerprint density at radius 3 is 2.56 bits per heavy atom. The number of nitrogens with zero attached hydrogens (tertiary/aromatic N) is 1. The Labute approximate surface area is 109 Å². The van der Waals surface area contributed by atoms with Crippen LogP contribution in [0.1, 0.15) is 33.1 Å². The Morgan fingerprint density at radius 1 is 1.39 bits per heavy atom. The molecule has 2 fully saturated rings. The summed E-state index contributed by atoms with van der Waals surface area (Å²) in [5.41, 5.74) is -0.672. The number of aliphatic carboxylic acids is 1. The minimum Gasteiger partial charge on any atom is -0.481 e. The normalized spacial score (nSPS) is 38.6. The Morgan fingerprint density at radius 2 is 2.06 bits per heavy atom. The van der Waals surface area contributed by atoms with Crippen LogP contribution in [0.3, 0.4) is 0 Å². The van der Waals surface area contributed by atoms with Crippen LogP contribution >= 0.6 is 0 Å². The van der Waals surface area contributed by atoms with Crippen molar-refractivity contribution in [3.63, 3.8) is 0 Å². The summed E-state index contributed by atoms with van der Waals surface area (Å²) in [6.07, 6.45) is 2.87. The second-order valence-electron chi connectivity index (χ2n) is 6.38. The van der Waals surface area contributed by atoms with E-state index in [1.165, 1.54) is 6.42 Å². The number of hydrogen-bond donors (Lipinski definition) is 1. The quantitative estimate of drug-likeness (QED) is 0.836. The van der Waals surface area contributed by atoms with E-state index in [1.807, 2.05) is 0 Å². The number of rotatable bonds is 3. The van der Waals surface area contributed by atoms with Gasteiger partial charge in [0.15, 0.2) is 0 Å². The van der Waals surface area contributed by atoms with Gasteiger partial charge in [0.1, 0.15) is 5.41 Å². The highest BCUT2D eigenvalue weighted by Crippen LogP contribution is 2.32. The standard InChI is InChI=1S/C14H25NO3/c1-11-6-12(2)8-15(7-11)9-14(13(16)17)4-3-5-18-10-14/h11-12H,3-10H2,1-2H3,(H,16,17). The van der Waals surface area contributed by atoms with Crippen molar-refractivity contribution in [2.24, 2.45) is 17.3 Å². The van der Waals surface area contributed by atoms with E-state index in [4.69, 9.17) is 4.74 Å². The topological polar surface area (TPSA) is 49.8 Å². The highest BCUT2D eigenvalue weighted by molar-refractivity contribution is 5.75. The van der Waals surface area contributed by atoms with Crippen LogP contribution in [0, 0.1) is 17.3 Å². The first-order valence-corrected chi connectivity index (χ1v) is 7.05. The third-order valence-electron chi connectivity index (χ3n) is 4.25. The first kappa shape index (κ1) is 13.8. The summed E-state index contributed by atoms with van der Waals surface area (Å²) in [7, 11) is 0. The van der Waals surface area contributed by atoms with Gasteiger partial charge in [0.2, 0.25) is 0 Å². The molecule has 0 aromatic rings. The minimum absolute atomic E-state index is 0.377. The van der Waals surface area contributed by atoms with Crippen LogP contribution in [0.25, 0.3) is 0 Å². The number of carboxylic acids is 1. The maximum absolute atomic E-state index is 11.6. The lowest BCUT2D eigenvalue weighted by atomic mass is 9.80. The van der Waals surface area contributed by atoms with Crippen molar-refractivity contribution < 1.29 is 14.6 Å². The molecule has 3 unspecified atom stereocenters. The van der Waals surface area contributed by atoms with Gasteiger partial charge in [0.05, 0.1) is 6.61 Å². The molecule has 0 radical (unpaired) electrons. The summed E-state index contributed by atoms with van der Waals surface area (Å²) in [5, 5.41) is 9.54. The van der Waals surface area contributed by atoms with E-state index in [2.05, 4.69) is 18.7 Å². The summed E-state index contributed by atoms with van der Waals surface area (Å²) >= 11 is 0. The van der Waals surface area contributed by atoms with Gasteiger partial charge in [-0.25, -0.2) is 0 Å². The zero-order valence-corrected chi connectivity index (χ0v) is 11.5. The molecule has 0 amide bonds. The van der Waals surface area contributed by atoms with Crippen LogP contribution in [-0.2, 0) is 9.53 Å².